The van der Waals surface area contributed by atoms with Crippen molar-refractivity contribution < 1.29 is 0 Å². The highest BCUT2D eigenvalue weighted by Gasteiger charge is 2.10. The SMILES string of the molecule is c1n[nH]cc1CN1CCCCC1. The van der Waals surface area contributed by atoms with Crippen molar-refractivity contribution in [3.63, 3.8) is 0 Å². The van der Waals surface area contributed by atoms with E-state index in [-0.39, 0.29) is 0 Å². The Bertz CT molecular complexity index is 212. The molecule has 0 aromatic carbocycles. The first kappa shape index (κ1) is 7.80. The summed E-state index contributed by atoms with van der Waals surface area (Å²) in [7, 11) is 0. The molecule has 0 unspecified atom stereocenters. The number of nitrogens with one attached hydrogen (secondary N) is 1. The lowest BCUT2D eigenvalue weighted by Crippen LogP contribution is -2.28. The van der Waals surface area contributed by atoms with E-state index in [1.807, 2.05) is 12.4 Å². The number of rotatable bonds is 2. The van der Waals surface area contributed by atoms with Crippen molar-refractivity contribution in [2.45, 2.75) is 25.8 Å². The van der Waals surface area contributed by atoms with Gasteiger partial charge in [0.15, 0.2) is 0 Å². The van der Waals surface area contributed by atoms with Crippen LogP contribution in [0, 0.1) is 0 Å². The van der Waals surface area contributed by atoms with Crippen LogP contribution in [0.1, 0.15) is 24.8 Å². The molecule has 66 valence electrons. The van der Waals surface area contributed by atoms with Crippen LogP contribution in [0.25, 0.3) is 0 Å². The number of H-pyrrole nitrogens is 1. The van der Waals surface area contributed by atoms with Crippen LogP contribution in [-0.2, 0) is 6.54 Å². The van der Waals surface area contributed by atoms with Crippen LogP contribution in [0.5, 0.6) is 0 Å². The lowest BCUT2D eigenvalue weighted by molar-refractivity contribution is 0.221. The third-order valence-corrected chi connectivity index (χ3v) is 2.41. The Morgan fingerprint density at radius 3 is 2.83 bits per heavy atom. The molecule has 3 heteroatoms. The van der Waals surface area contributed by atoms with E-state index < -0.39 is 0 Å². The van der Waals surface area contributed by atoms with E-state index in [0.29, 0.717) is 0 Å². The minimum absolute atomic E-state index is 1.07. The zero-order valence-corrected chi connectivity index (χ0v) is 7.29. The molecule has 1 aromatic heterocycles. The second kappa shape index (κ2) is 3.72. The summed E-state index contributed by atoms with van der Waals surface area (Å²) in [5.41, 5.74) is 1.30. The Balaban J connectivity index is 1.86. The molecule has 3 nitrogen and oxygen atoms in total. The molecule has 2 heterocycles. The molecule has 1 aliphatic rings. The summed E-state index contributed by atoms with van der Waals surface area (Å²) in [5, 5.41) is 6.78. The molecule has 0 bridgehead atoms. The molecule has 1 N–H and O–H groups in total. The minimum atomic E-state index is 1.07. The zero-order chi connectivity index (χ0) is 8.23. The second-order valence-corrected chi connectivity index (χ2v) is 3.44. The quantitative estimate of drug-likeness (QED) is 0.718. The first-order valence-electron chi connectivity index (χ1n) is 4.65. The Morgan fingerprint density at radius 1 is 1.33 bits per heavy atom. The molecule has 1 aliphatic heterocycles. The van der Waals surface area contributed by atoms with Gasteiger partial charge in [0.2, 0.25) is 0 Å². The number of likely N-dealkylation sites (tertiary alicyclic amines) is 1. The highest BCUT2D eigenvalue weighted by molar-refractivity contribution is 5.01. The lowest BCUT2D eigenvalue weighted by atomic mass is 10.1. The molecule has 1 saturated heterocycles. The first-order chi connectivity index (χ1) is 5.95. The lowest BCUT2D eigenvalue weighted by Gasteiger charge is -2.25. The van der Waals surface area contributed by atoms with Crippen molar-refractivity contribution in [1.29, 1.82) is 0 Å². The normalized spacial score (nSPS) is 19.7. The summed E-state index contributed by atoms with van der Waals surface area (Å²) >= 11 is 0. The molecule has 0 amide bonds. The number of aromatic amines is 1. The molecule has 1 aromatic rings. The number of hydrogen-bond donors (Lipinski definition) is 1. The van der Waals surface area contributed by atoms with Crippen molar-refractivity contribution in [2.75, 3.05) is 13.1 Å². The van der Waals surface area contributed by atoms with E-state index in [9.17, 15) is 0 Å². The highest BCUT2D eigenvalue weighted by Crippen LogP contribution is 2.11. The van der Waals surface area contributed by atoms with Crippen molar-refractivity contribution >= 4 is 0 Å². The van der Waals surface area contributed by atoms with Gasteiger partial charge >= 0.3 is 0 Å². The third kappa shape index (κ3) is 1.85. The third-order valence-electron chi connectivity index (χ3n) is 2.41. The Kier molecular flexibility index (Phi) is 2.42. The van der Waals surface area contributed by atoms with Gasteiger partial charge in [-0.2, -0.15) is 5.10 Å². The number of piperidine rings is 1. The Labute approximate surface area is 72.8 Å². The van der Waals surface area contributed by atoms with Gasteiger partial charge in [0.05, 0.1) is 6.20 Å². The van der Waals surface area contributed by atoms with Gasteiger partial charge in [-0.3, -0.25) is 10.00 Å². The molecule has 0 aliphatic carbocycles. The van der Waals surface area contributed by atoms with Gasteiger partial charge in [0.25, 0.3) is 0 Å². The highest BCUT2D eigenvalue weighted by atomic mass is 15.1. The number of hydrogen-bond acceptors (Lipinski definition) is 2. The van der Waals surface area contributed by atoms with Crippen LogP contribution in [-0.4, -0.2) is 28.2 Å². The average molecular weight is 165 g/mol. The summed E-state index contributed by atoms with van der Waals surface area (Å²) in [5.74, 6) is 0. The molecule has 2 rings (SSSR count). The molecule has 0 spiro atoms. The van der Waals surface area contributed by atoms with Crippen LogP contribution < -0.4 is 0 Å². The van der Waals surface area contributed by atoms with Gasteiger partial charge in [0, 0.05) is 18.3 Å². The van der Waals surface area contributed by atoms with Gasteiger partial charge in [0.1, 0.15) is 0 Å². The fourth-order valence-electron chi connectivity index (χ4n) is 1.74. The molecular weight excluding hydrogens is 150 g/mol. The smallest absolute Gasteiger partial charge is 0.0532 e. The van der Waals surface area contributed by atoms with Gasteiger partial charge in [-0.05, 0) is 25.9 Å². The molecule has 1 fully saturated rings. The molecule has 12 heavy (non-hydrogen) atoms. The molecule has 0 saturated carbocycles. The summed E-state index contributed by atoms with van der Waals surface area (Å²) in [6.45, 7) is 3.58. The van der Waals surface area contributed by atoms with Crippen molar-refractivity contribution in [1.82, 2.24) is 15.1 Å². The van der Waals surface area contributed by atoms with E-state index in [2.05, 4.69) is 15.1 Å². The standard InChI is InChI=1S/C9H15N3/c1-2-4-12(5-3-1)8-9-6-10-11-7-9/h6-7H,1-5,8H2,(H,10,11). The van der Waals surface area contributed by atoms with E-state index >= 15 is 0 Å². The number of nitrogens with zero attached hydrogens (tertiary/aromatic N) is 2. The fraction of sp³-hybridized carbons (Fsp3) is 0.667. The number of aromatic nitrogens is 2. The first-order valence-corrected chi connectivity index (χ1v) is 4.65. The van der Waals surface area contributed by atoms with Gasteiger partial charge < -0.3 is 0 Å². The van der Waals surface area contributed by atoms with Crippen molar-refractivity contribution in [2.24, 2.45) is 0 Å². The Hall–Kier alpha value is -0.830. The maximum absolute atomic E-state index is 3.94. The van der Waals surface area contributed by atoms with Crippen LogP contribution in [0.3, 0.4) is 0 Å². The van der Waals surface area contributed by atoms with E-state index in [0.717, 1.165) is 6.54 Å². The second-order valence-electron chi connectivity index (χ2n) is 3.44. The van der Waals surface area contributed by atoms with Crippen molar-refractivity contribution in [3.05, 3.63) is 18.0 Å². The largest absolute Gasteiger partial charge is 0.299 e. The summed E-state index contributed by atoms with van der Waals surface area (Å²) < 4.78 is 0. The topological polar surface area (TPSA) is 31.9 Å². The average Bonchev–Trinajstić information content (AvgIpc) is 2.59. The minimum Gasteiger partial charge on any atom is -0.299 e. The van der Waals surface area contributed by atoms with Crippen LogP contribution in [0.4, 0.5) is 0 Å². The zero-order valence-electron chi connectivity index (χ0n) is 7.29. The molecule has 0 radical (unpaired) electrons. The van der Waals surface area contributed by atoms with E-state index in [4.69, 9.17) is 0 Å². The van der Waals surface area contributed by atoms with E-state index in [1.54, 1.807) is 0 Å². The molecular formula is C9H15N3. The van der Waals surface area contributed by atoms with Crippen LogP contribution in [0.2, 0.25) is 0 Å². The summed E-state index contributed by atoms with van der Waals surface area (Å²) in [6.07, 6.45) is 8.01. The summed E-state index contributed by atoms with van der Waals surface area (Å²) in [4.78, 5) is 2.49. The van der Waals surface area contributed by atoms with Gasteiger partial charge in [-0.1, -0.05) is 6.42 Å². The predicted molar refractivity (Wildman–Crippen MR) is 47.7 cm³/mol. The van der Waals surface area contributed by atoms with Crippen LogP contribution in [0.15, 0.2) is 12.4 Å². The maximum atomic E-state index is 3.94. The fourth-order valence-corrected chi connectivity index (χ4v) is 1.74. The van der Waals surface area contributed by atoms with E-state index in [1.165, 1.54) is 37.9 Å². The summed E-state index contributed by atoms with van der Waals surface area (Å²) in [6, 6.07) is 0. The predicted octanol–water partition coefficient (Wildman–Crippen LogP) is 1.40. The Morgan fingerprint density at radius 2 is 2.17 bits per heavy atom. The molecule has 0 atom stereocenters. The van der Waals surface area contributed by atoms with Crippen molar-refractivity contribution in [3.8, 4) is 0 Å². The van der Waals surface area contributed by atoms with Gasteiger partial charge in [-0.15, -0.1) is 0 Å². The van der Waals surface area contributed by atoms with Crippen LogP contribution >= 0.6 is 0 Å². The maximum Gasteiger partial charge on any atom is 0.0532 e. The monoisotopic (exact) mass is 165 g/mol. The van der Waals surface area contributed by atoms with Gasteiger partial charge in [-0.25, -0.2) is 0 Å².